The van der Waals surface area contributed by atoms with E-state index in [1.807, 2.05) is 11.4 Å². The average molecular weight is 277 g/mol. The second kappa shape index (κ2) is 5.74. The number of fused-ring (bicyclic) bond motifs is 1. The third kappa shape index (κ3) is 3.15. The van der Waals surface area contributed by atoms with Crippen LogP contribution in [-0.2, 0) is 0 Å². The van der Waals surface area contributed by atoms with E-state index in [-0.39, 0.29) is 0 Å². The summed E-state index contributed by atoms with van der Waals surface area (Å²) in [5.74, 6) is 2.29. The topological polar surface area (TPSA) is 47.0 Å². The van der Waals surface area contributed by atoms with E-state index in [0.717, 1.165) is 48.0 Å². The maximum Gasteiger partial charge on any atom is 0.227 e. The van der Waals surface area contributed by atoms with Crippen molar-refractivity contribution >= 4 is 27.5 Å². The minimum absolute atomic E-state index is 0.679. The molecule has 0 aliphatic heterocycles. The van der Waals surface area contributed by atoms with Crippen molar-refractivity contribution in [1.82, 2.24) is 9.97 Å². The van der Waals surface area contributed by atoms with E-state index in [1.165, 1.54) is 12.8 Å². The normalized spacial score (nSPS) is 14.8. The highest BCUT2D eigenvalue weighted by molar-refractivity contribution is 7.16. The van der Waals surface area contributed by atoms with Gasteiger partial charge in [0, 0.05) is 6.54 Å². The predicted octanol–water partition coefficient (Wildman–Crippen LogP) is 3.69. The lowest BCUT2D eigenvalue weighted by molar-refractivity contribution is 0.295. The minimum Gasteiger partial charge on any atom is -0.477 e. The predicted molar refractivity (Wildman–Crippen MR) is 79.0 cm³/mol. The van der Waals surface area contributed by atoms with Crippen molar-refractivity contribution < 1.29 is 4.74 Å². The number of thiophene rings is 1. The lowest BCUT2D eigenvalue weighted by Crippen LogP contribution is -2.06. The third-order valence-electron chi connectivity index (χ3n) is 3.29. The molecule has 0 spiro atoms. The molecule has 1 aliphatic rings. The Morgan fingerprint density at radius 2 is 2.32 bits per heavy atom. The molecular weight excluding hydrogens is 258 g/mol. The number of nitrogens with one attached hydrogen (secondary N) is 1. The maximum atomic E-state index is 5.86. The van der Waals surface area contributed by atoms with E-state index in [9.17, 15) is 0 Å². The van der Waals surface area contributed by atoms with Crippen LogP contribution in [0, 0.1) is 5.92 Å². The highest BCUT2D eigenvalue weighted by Crippen LogP contribution is 2.33. The summed E-state index contributed by atoms with van der Waals surface area (Å²) in [4.78, 5) is 9.99. The summed E-state index contributed by atoms with van der Waals surface area (Å²) >= 11 is 1.63. The van der Waals surface area contributed by atoms with Gasteiger partial charge in [0.1, 0.15) is 4.83 Å². The zero-order valence-corrected chi connectivity index (χ0v) is 12.0. The van der Waals surface area contributed by atoms with Crippen LogP contribution >= 0.6 is 11.3 Å². The molecular formula is C14H19N3OS. The van der Waals surface area contributed by atoms with E-state index in [4.69, 9.17) is 4.74 Å². The van der Waals surface area contributed by atoms with E-state index in [2.05, 4.69) is 22.2 Å². The Hall–Kier alpha value is -1.36. The van der Waals surface area contributed by atoms with E-state index in [1.54, 1.807) is 11.3 Å². The fourth-order valence-electron chi connectivity index (χ4n) is 1.98. The van der Waals surface area contributed by atoms with E-state index in [0.29, 0.717) is 5.95 Å². The van der Waals surface area contributed by atoms with Crippen LogP contribution in [0.1, 0.15) is 32.6 Å². The number of hydrogen-bond donors (Lipinski definition) is 1. The van der Waals surface area contributed by atoms with Gasteiger partial charge in [-0.2, -0.15) is 4.98 Å². The first-order valence-corrected chi connectivity index (χ1v) is 7.86. The van der Waals surface area contributed by atoms with E-state index >= 15 is 0 Å². The molecule has 1 aliphatic carbocycles. The summed E-state index contributed by atoms with van der Waals surface area (Å²) in [6.45, 7) is 3.78. The number of anilines is 1. The van der Waals surface area contributed by atoms with Crippen LogP contribution in [0.15, 0.2) is 11.4 Å². The Kier molecular flexibility index (Phi) is 3.82. The molecule has 0 aromatic carbocycles. The van der Waals surface area contributed by atoms with E-state index < -0.39 is 0 Å². The zero-order valence-electron chi connectivity index (χ0n) is 11.2. The summed E-state index contributed by atoms with van der Waals surface area (Å²) in [5.41, 5.74) is 0. The summed E-state index contributed by atoms with van der Waals surface area (Å²) in [6.07, 6.45) is 4.94. The van der Waals surface area contributed by atoms with Gasteiger partial charge in [0.25, 0.3) is 0 Å². The van der Waals surface area contributed by atoms with Crippen molar-refractivity contribution in [2.75, 3.05) is 18.5 Å². The minimum atomic E-state index is 0.679. The fraction of sp³-hybridized carbons (Fsp3) is 0.571. The lowest BCUT2D eigenvalue weighted by atomic mass is 10.3. The molecule has 2 heterocycles. The highest BCUT2D eigenvalue weighted by atomic mass is 32.1. The smallest absolute Gasteiger partial charge is 0.227 e. The van der Waals surface area contributed by atoms with Crippen LogP contribution in [-0.4, -0.2) is 23.1 Å². The van der Waals surface area contributed by atoms with Crippen molar-refractivity contribution in [3.8, 4) is 5.88 Å². The summed E-state index contributed by atoms with van der Waals surface area (Å²) in [5, 5.41) is 6.30. The number of ether oxygens (including phenoxy) is 1. The Morgan fingerprint density at radius 3 is 3.11 bits per heavy atom. The molecule has 0 radical (unpaired) electrons. The van der Waals surface area contributed by atoms with Gasteiger partial charge in [0.15, 0.2) is 0 Å². The van der Waals surface area contributed by atoms with Gasteiger partial charge in [0.2, 0.25) is 11.8 Å². The number of aromatic nitrogens is 2. The van der Waals surface area contributed by atoms with Crippen molar-refractivity contribution in [1.29, 1.82) is 0 Å². The highest BCUT2D eigenvalue weighted by Gasteiger charge is 2.21. The van der Waals surface area contributed by atoms with Crippen molar-refractivity contribution in [2.24, 2.45) is 5.92 Å². The van der Waals surface area contributed by atoms with Gasteiger partial charge in [-0.15, -0.1) is 11.3 Å². The fourth-order valence-corrected chi connectivity index (χ4v) is 2.74. The number of rotatable bonds is 7. The quantitative estimate of drug-likeness (QED) is 0.838. The van der Waals surface area contributed by atoms with Gasteiger partial charge in [-0.3, -0.25) is 0 Å². The molecule has 0 atom stereocenters. The Balaban J connectivity index is 1.75. The lowest BCUT2D eigenvalue weighted by Gasteiger charge is -2.08. The molecule has 1 N–H and O–H groups in total. The van der Waals surface area contributed by atoms with Gasteiger partial charge in [-0.1, -0.05) is 19.8 Å². The summed E-state index contributed by atoms with van der Waals surface area (Å²) in [6, 6.07) is 2.04. The monoisotopic (exact) mass is 277 g/mol. The van der Waals surface area contributed by atoms with Gasteiger partial charge >= 0.3 is 0 Å². The van der Waals surface area contributed by atoms with Gasteiger partial charge < -0.3 is 10.1 Å². The maximum absolute atomic E-state index is 5.86. The summed E-state index contributed by atoms with van der Waals surface area (Å²) in [7, 11) is 0. The van der Waals surface area contributed by atoms with Crippen LogP contribution in [0.25, 0.3) is 10.2 Å². The molecule has 0 bridgehead atoms. The van der Waals surface area contributed by atoms with Crippen molar-refractivity contribution in [2.45, 2.75) is 32.6 Å². The molecule has 1 saturated carbocycles. The van der Waals surface area contributed by atoms with Crippen LogP contribution in [0.5, 0.6) is 5.88 Å². The second-order valence-corrected chi connectivity index (χ2v) is 5.89. The average Bonchev–Trinajstić information content (AvgIpc) is 3.12. The standard InChI is InChI=1S/C14H19N3OS/c1-2-7-15-14-16-12(18-8-5-10-3-4-10)11-6-9-19-13(11)17-14/h6,9-10H,2-5,7-8H2,1H3,(H,15,16,17). The Bertz CT molecular complexity index is 551. The van der Waals surface area contributed by atoms with Crippen molar-refractivity contribution in [3.63, 3.8) is 0 Å². The molecule has 102 valence electrons. The molecule has 5 heteroatoms. The molecule has 3 rings (SSSR count). The Morgan fingerprint density at radius 1 is 1.42 bits per heavy atom. The second-order valence-electron chi connectivity index (χ2n) is 5.00. The largest absolute Gasteiger partial charge is 0.477 e. The first-order chi connectivity index (χ1) is 9.36. The number of nitrogens with zero attached hydrogens (tertiary/aromatic N) is 2. The van der Waals surface area contributed by atoms with Gasteiger partial charge in [0.05, 0.1) is 12.0 Å². The van der Waals surface area contributed by atoms with Crippen molar-refractivity contribution in [3.05, 3.63) is 11.4 Å². The summed E-state index contributed by atoms with van der Waals surface area (Å²) < 4.78 is 5.86. The third-order valence-corrected chi connectivity index (χ3v) is 4.09. The molecule has 0 unspecified atom stereocenters. The molecule has 2 aromatic rings. The Labute approximate surface area is 117 Å². The molecule has 4 nitrogen and oxygen atoms in total. The first kappa shape index (κ1) is 12.7. The molecule has 0 amide bonds. The van der Waals surface area contributed by atoms with Crippen LogP contribution < -0.4 is 10.1 Å². The zero-order chi connectivity index (χ0) is 13.1. The number of hydrogen-bond acceptors (Lipinski definition) is 5. The van der Waals surface area contributed by atoms with Crippen LogP contribution in [0.4, 0.5) is 5.95 Å². The SMILES string of the molecule is CCCNc1nc(OCCC2CC2)c2ccsc2n1. The molecule has 2 aromatic heterocycles. The first-order valence-electron chi connectivity index (χ1n) is 6.98. The molecule has 1 fully saturated rings. The molecule has 19 heavy (non-hydrogen) atoms. The van der Waals surface area contributed by atoms with Gasteiger partial charge in [-0.05, 0) is 30.2 Å². The molecule has 0 saturated heterocycles. The van der Waals surface area contributed by atoms with Crippen LogP contribution in [0.3, 0.4) is 0 Å². The van der Waals surface area contributed by atoms with Gasteiger partial charge in [-0.25, -0.2) is 4.98 Å². The van der Waals surface area contributed by atoms with Crippen LogP contribution in [0.2, 0.25) is 0 Å².